The molecular weight excluding hydrogens is 440 g/mol. The molecule has 6 aromatic rings. The quantitative estimate of drug-likeness (QED) is 0.223. The van der Waals surface area contributed by atoms with E-state index in [4.69, 9.17) is 8.83 Å². The van der Waals surface area contributed by atoms with Crippen molar-refractivity contribution in [3.63, 3.8) is 0 Å². The zero-order valence-electron chi connectivity index (χ0n) is 20.1. The molecule has 2 aromatic heterocycles. The van der Waals surface area contributed by atoms with E-state index in [2.05, 4.69) is 72.8 Å². The molecule has 0 amide bonds. The second-order valence-electron chi connectivity index (χ2n) is 12.1. The van der Waals surface area contributed by atoms with E-state index in [1.54, 1.807) is 0 Å². The molecule has 0 N–H and O–H groups in total. The summed E-state index contributed by atoms with van der Waals surface area (Å²) >= 11 is 0. The van der Waals surface area contributed by atoms with Gasteiger partial charge in [-0.25, -0.2) is 0 Å². The first-order valence-electron chi connectivity index (χ1n) is 13.7. The summed E-state index contributed by atoms with van der Waals surface area (Å²) in [6, 6.07) is 26.7. The molecule has 0 atom stereocenters. The topological polar surface area (TPSA) is 26.3 Å². The van der Waals surface area contributed by atoms with Crippen LogP contribution in [0, 0.1) is 23.7 Å². The lowest BCUT2D eigenvalue weighted by Gasteiger charge is -2.61. The van der Waals surface area contributed by atoms with Gasteiger partial charge in [-0.2, -0.15) is 0 Å². The van der Waals surface area contributed by atoms with Crippen LogP contribution in [-0.2, 0) is 5.41 Å². The van der Waals surface area contributed by atoms with Crippen LogP contribution in [0.25, 0.3) is 55.0 Å². The molecular formula is C34H26O2. The lowest BCUT2D eigenvalue weighted by molar-refractivity contribution is -0.0399. The number of hydrogen-bond donors (Lipinski definition) is 0. The third-order valence-electron chi connectivity index (χ3n) is 10.7. The van der Waals surface area contributed by atoms with Gasteiger partial charge in [0.15, 0.2) is 0 Å². The minimum absolute atomic E-state index is 0.0957. The Labute approximate surface area is 208 Å². The summed E-state index contributed by atoms with van der Waals surface area (Å²) < 4.78 is 13.4. The van der Waals surface area contributed by atoms with Crippen LogP contribution in [0.4, 0.5) is 0 Å². The van der Waals surface area contributed by atoms with Crippen molar-refractivity contribution in [3.05, 3.63) is 83.9 Å². The summed E-state index contributed by atoms with van der Waals surface area (Å²) in [4.78, 5) is 0. The highest BCUT2D eigenvalue weighted by Crippen LogP contribution is 2.70. The zero-order chi connectivity index (χ0) is 23.2. The van der Waals surface area contributed by atoms with E-state index in [1.807, 2.05) is 0 Å². The molecule has 5 aliphatic carbocycles. The lowest BCUT2D eigenvalue weighted by atomic mass is 9.43. The zero-order valence-corrected chi connectivity index (χ0v) is 20.1. The number of furan rings is 2. The second kappa shape index (κ2) is 6.06. The van der Waals surface area contributed by atoms with Crippen molar-refractivity contribution in [2.24, 2.45) is 23.7 Å². The van der Waals surface area contributed by atoms with Crippen molar-refractivity contribution in [3.8, 4) is 11.1 Å². The fourth-order valence-corrected chi connectivity index (χ4v) is 9.72. The Kier molecular flexibility index (Phi) is 3.15. The SMILES string of the molecule is c1ccc2c(c1)oc1c3c(ccc12)C1(c2ccc4c(oc5ccccc54)c2-3)C2CC3CC(C2)CC1C3. The predicted molar refractivity (Wildman–Crippen MR) is 144 cm³/mol. The van der Waals surface area contributed by atoms with Crippen molar-refractivity contribution in [2.45, 2.75) is 37.5 Å². The highest BCUT2D eigenvalue weighted by Gasteiger charge is 2.62. The number of hydrogen-bond acceptors (Lipinski definition) is 2. The summed E-state index contributed by atoms with van der Waals surface area (Å²) in [6.45, 7) is 0. The van der Waals surface area contributed by atoms with Gasteiger partial charge in [-0.3, -0.25) is 0 Å². The normalized spacial score (nSPS) is 27.1. The summed E-state index contributed by atoms with van der Waals surface area (Å²) in [5.74, 6) is 3.29. The van der Waals surface area contributed by atoms with E-state index in [9.17, 15) is 0 Å². The standard InChI is InChI=1S/C34H26O2/c1-3-7-28-22(5-1)24-9-11-26-30(32(24)35-28)31-27(12-10-25-23-6-2-4-8-29(23)36-33(25)31)34(26)20-14-18-13-19(16-20)17-21(34)15-18/h1-12,18-21H,13-17H2. The Morgan fingerprint density at radius 1 is 0.500 bits per heavy atom. The van der Waals surface area contributed by atoms with Gasteiger partial charge in [-0.1, -0.05) is 60.7 Å². The van der Waals surface area contributed by atoms with Gasteiger partial charge in [0.05, 0.1) is 0 Å². The Morgan fingerprint density at radius 2 is 0.972 bits per heavy atom. The number of benzene rings is 4. The van der Waals surface area contributed by atoms with Gasteiger partial charge in [-0.05, 0) is 79.0 Å². The Balaban J connectivity index is 1.41. The van der Waals surface area contributed by atoms with E-state index in [-0.39, 0.29) is 5.41 Å². The Bertz CT molecular complexity index is 1760. The first-order chi connectivity index (χ1) is 17.8. The number of rotatable bonds is 0. The van der Waals surface area contributed by atoms with Crippen LogP contribution in [0.5, 0.6) is 0 Å². The second-order valence-corrected chi connectivity index (χ2v) is 12.1. The molecule has 0 radical (unpaired) electrons. The predicted octanol–water partition coefficient (Wildman–Crippen LogP) is 9.21. The number of para-hydroxylation sites is 2. The molecule has 2 heteroatoms. The fraction of sp³-hybridized carbons (Fsp3) is 0.294. The maximum absolute atomic E-state index is 6.72. The van der Waals surface area contributed by atoms with Gasteiger partial charge in [0.25, 0.3) is 0 Å². The average Bonchev–Trinajstić information content (AvgIpc) is 3.55. The molecule has 4 aromatic carbocycles. The van der Waals surface area contributed by atoms with Crippen LogP contribution in [0.3, 0.4) is 0 Å². The van der Waals surface area contributed by atoms with E-state index in [0.29, 0.717) is 0 Å². The third-order valence-corrected chi connectivity index (χ3v) is 10.7. The van der Waals surface area contributed by atoms with Crippen LogP contribution in [0.1, 0.15) is 43.2 Å². The summed E-state index contributed by atoms with van der Waals surface area (Å²) in [5, 5.41) is 4.87. The first kappa shape index (κ1) is 18.7. The maximum Gasteiger partial charge on any atom is 0.143 e. The third kappa shape index (κ3) is 1.95. The van der Waals surface area contributed by atoms with E-state index in [0.717, 1.165) is 46.0 Å². The molecule has 0 unspecified atom stereocenters. The maximum atomic E-state index is 6.72. The van der Waals surface area contributed by atoms with Crippen molar-refractivity contribution >= 4 is 43.9 Å². The van der Waals surface area contributed by atoms with Crippen LogP contribution < -0.4 is 0 Å². The molecule has 0 saturated heterocycles. The summed E-state index contributed by atoms with van der Waals surface area (Å²) in [5.41, 5.74) is 9.82. The molecule has 5 aliphatic rings. The van der Waals surface area contributed by atoms with Crippen LogP contribution in [-0.4, -0.2) is 0 Å². The van der Waals surface area contributed by atoms with Gasteiger partial charge >= 0.3 is 0 Å². The number of fused-ring (bicyclic) bond motifs is 11. The molecule has 174 valence electrons. The summed E-state index contributed by atoms with van der Waals surface area (Å²) in [6.07, 6.45) is 6.98. The lowest BCUT2D eigenvalue weighted by Crippen LogP contribution is -2.55. The monoisotopic (exact) mass is 466 g/mol. The molecule has 4 saturated carbocycles. The Morgan fingerprint density at radius 3 is 1.47 bits per heavy atom. The van der Waals surface area contributed by atoms with E-state index >= 15 is 0 Å². The van der Waals surface area contributed by atoms with Crippen molar-refractivity contribution in [2.75, 3.05) is 0 Å². The van der Waals surface area contributed by atoms with E-state index in [1.165, 1.54) is 75.9 Å². The molecule has 36 heavy (non-hydrogen) atoms. The van der Waals surface area contributed by atoms with Crippen molar-refractivity contribution < 1.29 is 8.83 Å². The first-order valence-corrected chi connectivity index (χ1v) is 13.7. The minimum Gasteiger partial charge on any atom is -0.455 e. The smallest absolute Gasteiger partial charge is 0.143 e. The molecule has 2 heterocycles. The molecule has 4 fully saturated rings. The van der Waals surface area contributed by atoms with Gasteiger partial charge < -0.3 is 8.83 Å². The molecule has 4 bridgehead atoms. The van der Waals surface area contributed by atoms with Crippen LogP contribution >= 0.6 is 0 Å². The van der Waals surface area contributed by atoms with Gasteiger partial charge in [0.1, 0.15) is 22.3 Å². The molecule has 1 spiro atoms. The highest BCUT2D eigenvalue weighted by molar-refractivity contribution is 6.17. The van der Waals surface area contributed by atoms with Gasteiger partial charge in [-0.15, -0.1) is 0 Å². The highest BCUT2D eigenvalue weighted by atomic mass is 16.3. The molecule has 2 nitrogen and oxygen atoms in total. The molecule has 0 aliphatic heterocycles. The van der Waals surface area contributed by atoms with Crippen molar-refractivity contribution in [1.82, 2.24) is 0 Å². The minimum atomic E-state index is 0.0957. The van der Waals surface area contributed by atoms with Gasteiger partial charge in [0.2, 0.25) is 0 Å². The van der Waals surface area contributed by atoms with E-state index < -0.39 is 0 Å². The fourth-order valence-electron chi connectivity index (χ4n) is 9.72. The average molecular weight is 467 g/mol. The summed E-state index contributed by atoms with van der Waals surface area (Å²) in [7, 11) is 0. The van der Waals surface area contributed by atoms with Gasteiger partial charge in [0, 0.05) is 38.1 Å². The largest absolute Gasteiger partial charge is 0.455 e. The van der Waals surface area contributed by atoms with Crippen molar-refractivity contribution in [1.29, 1.82) is 0 Å². The molecule has 11 rings (SSSR count). The van der Waals surface area contributed by atoms with Crippen LogP contribution in [0.2, 0.25) is 0 Å². The van der Waals surface area contributed by atoms with Crippen LogP contribution in [0.15, 0.2) is 81.6 Å². The Hall–Kier alpha value is -3.52.